The van der Waals surface area contributed by atoms with Gasteiger partial charge in [-0.1, -0.05) is 25.1 Å². The van der Waals surface area contributed by atoms with Gasteiger partial charge in [-0.05, 0) is 30.2 Å². The quantitative estimate of drug-likeness (QED) is 0.706. The van der Waals surface area contributed by atoms with Gasteiger partial charge < -0.3 is 16.2 Å². The van der Waals surface area contributed by atoms with Crippen LogP contribution in [-0.4, -0.2) is 21.6 Å². The molecule has 3 aromatic rings. The first-order valence-corrected chi connectivity index (χ1v) is 8.33. The summed E-state index contributed by atoms with van der Waals surface area (Å²) >= 11 is 0. The number of halogens is 1. The third-order valence-electron chi connectivity index (χ3n) is 3.83. The molecule has 4 N–H and O–H groups in total. The van der Waals surface area contributed by atoms with E-state index in [1.165, 1.54) is 6.07 Å². The van der Waals surface area contributed by atoms with Gasteiger partial charge in [-0.15, -0.1) is 0 Å². The fourth-order valence-electron chi connectivity index (χ4n) is 2.47. The van der Waals surface area contributed by atoms with Gasteiger partial charge >= 0.3 is 0 Å². The second kappa shape index (κ2) is 7.77. The number of ether oxygens (including phenoxy) is 1. The van der Waals surface area contributed by atoms with E-state index in [1.807, 2.05) is 6.92 Å². The molecular formula is C19H20FN5O. The van der Waals surface area contributed by atoms with Crippen molar-refractivity contribution in [1.82, 2.24) is 15.0 Å². The molecule has 0 saturated carbocycles. The van der Waals surface area contributed by atoms with Crippen molar-refractivity contribution < 1.29 is 9.13 Å². The summed E-state index contributed by atoms with van der Waals surface area (Å²) in [5, 5.41) is 0. The van der Waals surface area contributed by atoms with Crippen LogP contribution in [0.15, 0.2) is 42.6 Å². The average Bonchev–Trinajstić information content (AvgIpc) is 2.64. The molecule has 134 valence electrons. The molecule has 0 radical (unpaired) electrons. The molecule has 3 rings (SSSR count). The normalized spacial score (nSPS) is 10.7. The molecule has 1 aromatic carbocycles. The van der Waals surface area contributed by atoms with Crippen molar-refractivity contribution in [2.24, 2.45) is 0 Å². The fraction of sp³-hybridized carbons (Fsp3) is 0.211. The Labute approximate surface area is 151 Å². The zero-order valence-electron chi connectivity index (χ0n) is 14.4. The number of pyridine rings is 1. The minimum atomic E-state index is -0.320. The molecule has 0 aliphatic carbocycles. The Morgan fingerprint density at radius 2 is 1.77 bits per heavy atom. The second-order valence-electron chi connectivity index (χ2n) is 5.79. The highest BCUT2D eigenvalue weighted by atomic mass is 19.1. The van der Waals surface area contributed by atoms with Crippen LogP contribution in [0.5, 0.6) is 5.75 Å². The maximum atomic E-state index is 13.9. The van der Waals surface area contributed by atoms with Crippen LogP contribution in [0.1, 0.15) is 24.5 Å². The van der Waals surface area contributed by atoms with Crippen LogP contribution < -0.4 is 16.2 Å². The molecule has 0 bridgehead atoms. The first-order chi connectivity index (χ1) is 12.6. The topological polar surface area (TPSA) is 99.9 Å². The zero-order chi connectivity index (χ0) is 18.5. The molecule has 2 heterocycles. The number of benzene rings is 1. The van der Waals surface area contributed by atoms with Crippen molar-refractivity contribution in [3.63, 3.8) is 0 Å². The highest BCUT2D eigenvalue weighted by Crippen LogP contribution is 2.25. The van der Waals surface area contributed by atoms with E-state index in [-0.39, 0.29) is 23.9 Å². The van der Waals surface area contributed by atoms with Crippen molar-refractivity contribution in [2.45, 2.75) is 19.8 Å². The van der Waals surface area contributed by atoms with Crippen molar-refractivity contribution >= 4 is 11.6 Å². The Kier molecular flexibility index (Phi) is 5.26. The Morgan fingerprint density at radius 1 is 1.04 bits per heavy atom. The fourth-order valence-corrected chi connectivity index (χ4v) is 2.47. The summed E-state index contributed by atoms with van der Waals surface area (Å²) in [5.41, 5.74) is 13.6. The van der Waals surface area contributed by atoms with Gasteiger partial charge in [0, 0.05) is 12.0 Å². The number of rotatable bonds is 6. The first-order valence-electron chi connectivity index (χ1n) is 8.33. The molecule has 0 atom stereocenters. The highest BCUT2D eigenvalue weighted by Gasteiger charge is 2.14. The zero-order valence-corrected chi connectivity index (χ0v) is 14.4. The van der Waals surface area contributed by atoms with Crippen LogP contribution in [0, 0.1) is 5.82 Å². The number of nitrogen functional groups attached to an aromatic ring is 2. The summed E-state index contributed by atoms with van der Waals surface area (Å²) in [7, 11) is 0. The Morgan fingerprint density at radius 3 is 2.38 bits per heavy atom. The van der Waals surface area contributed by atoms with E-state index in [2.05, 4.69) is 15.0 Å². The van der Waals surface area contributed by atoms with Gasteiger partial charge in [0.15, 0.2) is 5.82 Å². The smallest absolute Gasteiger partial charge is 0.182 e. The molecule has 0 spiro atoms. The number of hydrogen-bond donors (Lipinski definition) is 2. The Hall–Kier alpha value is -3.22. The monoisotopic (exact) mass is 353 g/mol. The lowest BCUT2D eigenvalue weighted by Gasteiger charge is -2.11. The van der Waals surface area contributed by atoms with Gasteiger partial charge in [-0.25, -0.2) is 19.3 Å². The molecule has 2 aromatic heterocycles. The molecular weight excluding hydrogens is 333 g/mol. The largest absolute Gasteiger partial charge is 0.492 e. The van der Waals surface area contributed by atoms with Crippen LogP contribution in [0.4, 0.5) is 16.0 Å². The lowest BCUT2D eigenvalue weighted by atomic mass is 10.1. The number of aromatic nitrogens is 3. The van der Waals surface area contributed by atoms with Crippen molar-refractivity contribution in [2.75, 3.05) is 18.1 Å². The molecule has 0 aliphatic rings. The summed E-state index contributed by atoms with van der Waals surface area (Å²) in [6, 6.07) is 10.00. The second-order valence-corrected chi connectivity index (χ2v) is 5.79. The summed E-state index contributed by atoms with van der Waals surface area (Å²) in [4.78, 5) is 12.9. The van der Waals surface area contributed by atoms with E-state index in [4.69, 9.17) is 16.2 Å². The lowest BCUT2D eigenvalue weighted by molar-refractivity contribution is 0.316. The lowest BCUT2D eigenvalue weighted by Crippen LogP contribution is -2.09. The number of nitrogens with two attached hydrogens (primary N) is 2. The summed E-state index contributed by atoms with van der Waals surface area (Å²) < 4.78 is 19.4. The highest BCUT2D eigenvalue weighted by molar-refractivity contribution is 5.62. The summed E-state index contributed by atoms with van der Waals surface area (Å²) in [6.45, 7) is 2.66. The van der Waals surface area contributed by atoms with E-state index < -0.39 is 0 Å². The van der Waals surface area contributed by atoms with Gasteiger partial charge in [0.25, 0.3) is 0 Å². The van der Waals surface area contributed by atoms with E-state index in [1.54, 1.807) is 36.5 Å². The first kappa shape index (κ1) is 17.6. The number of nitrogens with zero attached hydrogens (tertiary/aromatic N) is 3. The van der Waals surface area contributed by atoms with Gasteiger partial charge in [-0.2, -0.15) is 0 Å². The van der Waals surface area contributed by atoms with Crippen molar-refractivity contribution in [3.05, 3.63) is 59.5 Å². The molecule has 0 amide bonds. The maximum absolute atomic E-state index is 13.9. The van der Waals surface area contributed by atoms with Crippen LogP contribution in [0.25, 0.3) is 11.5 Å². The molecule has 0 saturated heterocycles. The number of hydrogen-bond acceptors (Lipinski definition) is 6. The molecule has 7 heteroatoms. The predicted molar refractivity (Wildman–Crippen MR) is 99.1 cm³/mol. The summed E-state index contributed by atoms with van der Waals surface area (Å²) in [5.74, 6) is 1.10. The minimum absolute atomic E-state index is 0.212. The molecule has 26 heavy (non-hydrogen) atoms. The van der Waals surface area contributed by atoms with Gasteiger partial charge in [0.1, 0.15) is 28.9 Å². The van der Waals surface area contributed by atoms with Crippen molar-refractivity contribution in [1.29, 1.82) is 0 Å². The molecule has 6 nitrogen and oxygen atoms in total. The number of anilines is 2. The third kappa shape index (κ3) is 3.88. The minimum Gasteiger partial charge on any atom is -0.492 e. The maximum Gasteiger partial charge on any atom is 0.182 e. The van der Waals surface area contributed by atoms with Gasteiger partial charge in [-0.3, -0.25) is 0 Å². The van der Waals surface area contributed by atoms with Gasteiger partial charge in [0.2, 0.25) is 0 Å². The molecule has 0 unspecified atom stereocenters. The molecule has 0 aliphatic heterocycles. The van der Waals surface area contributed by atoms with Gasteiger partial charge in [0.05, 0.1) is 12.8 Å². The average molecular weight is 353 g/mol. The van der Waals surface area contributed by atoms with Crippen LogP contribution in [-0.2, 0) is 6.42 Å². The Balaban J connectivity index is 1.86. The predicted octanol–water partition coefficient (Wildman–Crippen LogP) is 3.22. The van der Waals surface area contributed by atoms with Crippen LogP contribution >= 0.6 is 0 Å². The van der Waals surface area contributed by atoms with Crippen LogP contribution in [0.3, 0.4) is 0 Å². The van der Waals surface area contributed by atoms with Crippen molar-refractivity contribution in [3.8, 4) is 17.3 Å². The Bertz CT molecular complexity index is 876. The summed E-state index contributed by atoms with van der Waals surface area (Å²) in [6.07, 6.45) is 2.75. The van der Waals surface area contributed by atoms with E-state index in [0.717, 1.165) is 6.42 Å². The molecule has 0 fully saturated rings. The van der Waals surface area contributed by atoms with E-state index >= 15 is 0 Å². The van der Waals surface area contributed by atoms with E-state index in [9.17, 15) is 4.39 Å². The SMILES string of the molecule is CCCOc1ccc(-c2nc(N)c(Cc3ccccc3F)c(N)n2)nc1. The van der Waals surface area contributed by atoms with E-state index in [0.29, 0.717) is 35.0 Å². The standard InChI is InChI=1S/C19H20FN5O/c1-2-9-26-13-7-8-16(23-11-13)19-24-17(21)14(18(22)25-19)10-12-5-3-4-6-15(12)20/h3-8,11H,2,9-10H2,1H3,(H4,21,22,24,25). The van der Waals surface area contributed by atoms with Crippen LogP contribution in [0.2, 0.25) is 0 Å². The third-order valence-corrected chi connectivity index (χ3v) is 3.83.